The molecule has 1 unspecified atom stereocenters. The Balaban J connectivity index is 3.79. The molecule has 1 atom stereocenters. The summed E-state index contributed by atoms with van der Waals surface area (Å²) in [6.45, 7) is 1.28. The number of amides is 1. The molecule has 0 rings (SSSR count). The van der Waals surface area contributed by atoms with Gasteiger partial charge in [-0.2, -0.15) is 13.2 Å². The number of hydrogen-bond donors (Lipinski definition) is 2. The van der Waals surface area contributed by atoms with Crippen molar-refractivity contribution in [2.24, 2.45) is 5.92 Å². The molecule has 0 spiro atoms. The zero-order valence-electron chi connectivity index (χ0n) is 12.9. The molecule has 0 bridgehead atoms. The molecule has 23 heavy (non-hydrogen) atoms. The van der Waals surface area contributed by atoms with Gasteiger partial charge in [-0.25, -0.2) is 0 Å². The van der Waals surface area contributed by atoms with Gasteiger partial charge in [-0.1, -0.05) is 0 Å². The topological polar surface area (TPSA) is 94.1 Å². The van der Waals surface area contributed by atoms with Crippen molar-refractivity contribution in [1.82, 2.24) is 5.32 Å². The maximum absolute atomic E-state index is 12.0. The van der Waals surface area contributed by atoms with Crippen LogP contribution in [0.25, 0.3) is 0 Å². The fourth-order valence-electron chi connectivity index (χ4n) is 1.54. The summed E-state index contributed by atoms with van der Waals surface area (Å²) < 4.78 is 51.0. The van der Waals surface area contributed by atoms with Crippen molar-refractivity contribution in [2.45, 2.75) is 19.0 Å². The predicted molar refractivity (Wildman–Crippen MR) is 72.9 cm³/mol. The maximum atomic E-state index is 12.0. The number of ether oxygens (including phenoxy) is 3. The van der Waals surface area contributed by atoms with Gasteiger partial charge >= 0.3 is 18.1 Å². The largest absolute Gasteiger partial charge is 0.481 e. The summed E-state index contributed by atoms with van der Waals surface area (Å²) in [4.78, 5) is 21.6. The summed E-state index contributed by atoms with van der Waals surface area (Å²) in [6.07, 6.45) is -4.94. The second-order valence-electron chi connectivity index (χ2n) is 4.58. The van der Waals surface area contributed by atoms with E-state index in [4.69, 9.17) is 19.3 Å². The first-order valence-electron chi connectivity index (χ1n) is 7.01. The summed E-state index contributed by atoms with van der Waals surface area (Å²) in [7, 11) is 1.54. The number of alkyl halides is 3. The van der Waals surface area contributed by atoms with E-state index in [1.807, 2.05) is 0 Å². The molecular formula is C13H22F3NO6. The minimum absolute atomic E-state index is 0.106. The van der Waals surface area contributed by atoms with Crippen molar-refractivity contribution in [3.63, 3.8) is 0 Å². The number of halogens is 3. The highest BCUT2D eigenvalue weighted by atomic mass is 19.4. The highest BCUT2D eigenvalue weighted by Gasteiger charge is 2.38. The third kappa shape index (κ3) is 11.8. The van der Waals surface area contributed by atoms with E-state index in [1.165, 1.54) is 0 Å². The van der Waals surface area contributed by atoms with Gasteiger partial charge in [0.05, 0.1) is 32.3 Å². The third-order valence-corrected chi connectivity index (χ3v) is 2.80. The van der Waals surface area contributed by atoms with Crippen molar-refractivity contribution in [2.75, 3.05) is 46.7 Å². The van der Waals surface area contributed by atoms with E-state index in [0.717, 1.165) is 0 Å². The fourth-order valence-corrected chi connectivity index (χ4v) is 1.54. The maximum Gasteiger partial charge on any atom is 0.471 e. The molecule has 0 heterocycles. The molecule has 2 N–H and O–H groups in total. The Morgan fingerprint density at radius 3 is 2.13 bits per heavy atom. The number of rotatable bonds is 13. The zero-order valence-corrected chi connectivity index (χ0v) is 12.9. The molecule has 0 radical (unpaired) electrons. The first-order chi connectivity index (χ1) is 10.8. The lowest BCUT2D eigenvalue weighted by molar-refractivity contribution is -0.173. The molecule has 0 aliphatic heterocycles. The lowest BCUT2D eigenvalue weighted by Crippen LogP contribution is -2.38. The molecule has 0 aromatic carbocycles. The minimum atomic E-state index is -4.97. The Labute approximate surface area is 132 Å². The number of methoxy groups -OCH3 is 1. The molecule has 0 fully saturated rings. The van der Waals surface area contributed by atoms with Crippen LogP contribution >= 0.6 is 0 Å². The Morgan fingerprint density at radius 2 is 1.61 bits per heavy atom. The van der Waals surface area contributed by atoms with Gasteiger partial charge in [0.25, 0.3) is 0 Å². The first-order valence-corrected chi connectivity index (χ1v) is 7.01. The summed E-state index contributed by atoms with van der Waals surface area (Å²) in [5.74, 6) is -4.12. The molecule has 136 valence electrons. The molecule has 10 heteroatoms. The molecule has 0 saturated heterocycles. The van der Waals surface area contributed by atoms with Crippen LogP contribution in [0.5, 0.6) is 0 Å². The molecule has 0 aromatic rings. The van der Waals surface area contributed by atoms with Crippen LogP contribution < -0.4 is 5.32 Å². The van der Waals surface area contributed by atoms with Crippen LogP contribution in [-0.4, -0.2) is 69.8 Å². The van der Waals surface area contributed by atoms with Crippen LogP contribution in [0.2, 0.25) is 0 Å². The standard InChI is InChI=1S/C13H22F3NO6/c1-21-6-7-23-9-8-22-5-3-10(11(18)19)2-4-17-12(20)13(14,15)16/h10H,2-9H2,1H3,(H,17,20)(H,18,19). The zero-order chi connectivity index (χ0) is 17.7. The molecule has 0 saturated carbocycles. The van der Waals surface area contributed by atoms with Crippen LogP contribution in [0.3, 0.4) is 0 Å². The Bertz CT molecular complexity index is 351. The number of carboxylic acid groups (broad SMARTS) is 1. The minimum Gasteiger partial charge on any atom is -0.481 e. The third-order valence-electron chi connectivity index (χ3n) is 2.80. The predicted octanol–water partition coefficient (Wildman–Crippen LogP) is 0.826. The second kappa shape index (κ2) is 12.1. The average Bonchev–Trinajstić information content (AvgIpc) is 2.46. The van der Waals surface area contributed by atoms with Crippen LogP contribution in [0, 0.1) is 5.92 Å². The van der Waals surface area contributed by atoms with Crippen LogP contribution in [0.4, 0.5) is 13.2 Å². The van der Waals surface area contributed by atoms with Crippen molar-refractivity contribution in [3.8, 4) is 0 Å². The SMILES string of the molecule is COCCOCCOCCC(CCNC(=O)C(F)(F)F)C(=O)O. The van der Waals surface area contributed by atoms with E-state index < -0.39 is 24.0 Å². The Hall–Kier alpha value is -1.39. The summed E-state index contributed by atoms with van der Waals surface area (Å²) >= 11 is 0. The van der Waals surface area contributed by atoms with Crippen LogP contribution in [0.1, 0.15) is 12.8 Å². The lowest BCUT2D eigenvalue weighted by atomic mass is 10.0. The highest BCUT2D eigenvalue weighted by molar-refractivity contribution is 5.81. The van der Waals surface area contributed by atoms with Gasteiger partial charge in [-0.15, -0.1) is 0 Å². The lowest BCUT2D eigenvalue weighted by Gasteiger charge is -2.14. The Kier molecular flexibility index (Phi) is 11.4. The quantitative estimate of drug-likeness (QED) is 0.480. The summed E-state index contributed by atoms with van der Waals surface area (Å²) in [6, 6.07) is 0. The van der Waals surface area contributed by atoms with Crippen LogP contribution in [-0.2, 0) is 23.8 Å². The number of carbonyl (C=O) groups excluding carboxylic acids is 1. The normalized spacial score (nSPS) is 12.9. The van der Waals surface area contributed by atoms with E-state index in [1.54, 1.807) is 12.4 Å². The number of carboxylic acids is 1. The number of aliphatic carboxylic acids is 1. The number of hydrogen-bond acceptors (Lipinski definition) is 5. The molecule has 1 amide bonds. The molecular weight excluding hydrogens is 323 g/mol. The van der Waals surface area contributed by atoms with Gasteiger partial charge < -0.3 is 24.6 Å². The van der Waals surface area contributed by atoms with Crippen molar-refractivity contribution in [3.05, 3.63) is 0 Å². The molecule has 0 aliphatic rings. The van der Waals surface area contributed by atoms with Crippen molar-refractivity contribution < 1.29 is 42.1 Å². The second-order valence-corrected chi connectivity index (χ2v) is 4.58. The van der Waals surface area contributed by atoms with Gasteiger partial charge in [0, 0.05) is 20.3 Å². The van der Waals surface area contributed by atoms with E-state index in [2.05, 4.69) is 0 Å². The van der Waals surface area contributed by atoms with Crippen molar-refractivity contribution >= 4 is 11.9 Å². The number of nitrogens with one attached hydrogen (secondary N) is 1. The van der Waals surface area contributed by atoms with Gasteiger partial charge in [-0.3, -0.25) is 9.59 Å². The van der Waals surface area contributed by atoms with E-state index in [-0.39, 0.29) is 32.6 Å². The van der Waals surface area contributed by atoms with Crippen LogP contribution in [0.15, 0.2) is 0 Å². The summed E-state index contributed by atoms with van der Waals surface area (Å²) in [5, 5.41) is 10.6. The van der Waals surface area contributed by atoms with E-state index >= 15 is 0 Å². The number of carbonyl (C=O) groups is 2. The molecule has 7 nitrogen and oxygen atoms in total. The van der Waals surface area contributed by atoms with Gasteiger partial charge in [0.15, 0.2) is 0 Å². The summed E-state index contributed by atoms with van der Waals surface area (Å²) in [5.41, 5.74) is 0. The molecule has 0 aromatic heterocycles. The molecule has 0 aliphatic carbocycles. The van der Waals surface area contributed by atoms with E-state index in [9.17, 15) is 22.8 Å². The fraction of sp³-hybridized carbons (Fsp3) is 0.846. The monoisotopic (exact) mass is 345 g/mol. The Morgan fingerprint density at radius 1 is 1.04 bits per heavy atom. The van der Waals surface area contributed by atoms with Gasteiger partial charge in [0.1, 0.15) is 0 Å². The van der Waals surface area contributed by atoms with Gasteiger partial charge in [-0.05, 0) is 12.8 Å². The van der Waals surface area contributed by atoms with Crippen molar-refractivity contribution in [1.29, 1.82) is 0 Å². The average molecular weight is 345 g/mol. The van der Waals surface area contributed by atoms with E-state index in [0.29, 0.717) is 19.8 Å². The first kappa shape index (κ1) is 21.6. The van der Waals surface area contributed by atoms with Gasteiger partial charge in [0.2, 0.25) is 0 Å². The smallest absolute Gasteiger partial charge is 0.471 e. The highest BCUT2D eigenvalue weighted by Crippen LogP contribution is 2.14.